The molecule has 0 amide bonds. The van der Waals surface area contributed by atoms with Crippen molar-refractivity contribution in [1.82, 2.24) is 0 Å². The van der Waals surface area contributed by atoms with Gasteiger partial charge in [-0.2, -0.15) is 0 Å². The van der Waals surface area contributed by atoms with Gasteiger partial charge in [-0.05, 0) is 38.5 Å². The predicted octanol–water partition coefficient (Wildman–Crippen LogP) is 3.34. The molecule has 5 nitrogen and oxygen atoms in total. The van der Waals surface area contributed by atoms with Crippen LogP contribution in [0, 0.1) is 10.1 Å². The molecule has 0 N–H and O–H groups in total. The van der Waals surface area contributed by atoms with Crippen LogP contribution in [0.4, 0.5) is 5.69 Å². The van der Waals surface area contributed by atoms with Crippen molar-refractivity contribution in [2.75, 3.05) is 0 Å². The van der Waals surface area contributed by atoms with Gasteiger partial charge >= 0.3 is 5.97 Å². The van der Waals surface area contributed by atoms with Crippen molar-refractivity contribution in [3.8, 4) is 0 Å². The zero-order valence-electron chi connectivity index (χ0n) is 11.3. The average molecular weight is 263 g/mol. The highest BCUT2D eigenvalue weighted by atomic mass is 16.6. The SMILES string of the molecule is CC(C)(C)OC(=O)CC=Cc1ccc([N+](=O)[O-])cc1. The molecule has 0 aliphatic rings. The van der Waals surface area contributed by atoms with E-state index in [2.05, 4.69) is 0 Å². The second-order valence-electron chi connectivity index (χ2n) is 5.04. The lowest BCUT2D eigenvalue weighted by Crippen LogP contribution is -2.23. The van der Waals surface area contributed by atoms with E-state index in [1.54, 1.807) is 24.3 Å². The molecule has 0 atom stereocenters. The van der Waals surface area contributed by atoms with E-state index in [0.29, 0.717) is 0 Å². The Bertz CT molecular complexity index is 483. The van der Waals surface area contributed by atoms with E-state index in [-0.39, 0.29) is 18.1 Å². The molecule has 0 aliphatic carbocycles. The Hall–Kier alpha value is -2.17. The van der Waals surface area contributed by atoms with Crippen LogP contribution in [0.5, 0.6) is 0 Å². The highest BCUT2D eigenvalue weighted by Gasteiger charge is 2.14. The molecule has 1 aromatic carbocycles. The Morgan fingerprint density at radius 2 is 1.89 bits per heavy atom. The number of hydrogen-bond donors (Lipinski definition) is 0. The molecule has 5 heteroatoms. The van der Waals surface area contributed by atoms with Gasteiger partial charge in [0.15, 0.2) is 0 Å². The van der Waals surface area contributed by atoms with Crippen molar-refractivity contribution in [3.05, 3.63) is 46.0 Å². The highest BCUT2D eigenvalue weighted by Crippen LogP contribution is 2.13. The summed E-state index contributed by atoms with van der Waals surface area (Å²) in [5.74, 6) is -0.300. The van der Waals surface area contributed by atoms with E-state index < -0.39 is 10.5 Å². The largest absolute Gasteiger partial charge is 0.460 e. The molecular weight excluding hydrogens is 246 g/mol. The number of carbonyl (C=O) groups excluding carboxylic acids is 1. The topological polar surface area (TPSA) is 69.4 Å². The summed E-state index contributed by atoms with van der Waals surface area (Å²) in [5, 5.41) is 10.5. The lowest BCUT2D eigenvalue weighted by molar-refractivity contribution is -0.384. The van der Waals surface area contributed by atoms with Crippen molar-refractivity contribution >= 4 is 17.7 Å². The fraction of sp³-hybridized carbons (Fsp3) is 0.357. The number of carbonyl (C=O) groups is 1. The number of non-ortho nitro benzene ring substituents is 1. The maximum Gasteiger partial charge on any atom is 0.310 e. The summed E-state index contributed by atoms with van der Waals surface area (Å²) in [6.07, 6.45) is 3.58. The average Bonchev–Trinajstić information content (AvgIpc) is 2.27. The molecule has 102 valence electrons. The molecule has 0 saturated heterocycles. The van der Waals surface area contributed by atoms with Crippen molar-refractivity contribution in [3.63, 3.8) is 0 Å². The van der Waals surface area contributed by atoms with Crippen LogP contribution in [-0.2, 0) is 9.53 Å². The van der Waals surface area contributed by atoms with E-state index >= 15 is 0 Å². The van der Waals surface area contributed by atoms with Crippen LogP contribution < -0.4 is 0 Å². The summed E-state index contributed by atoms with van der Waals surface area (Å²) >= 11 is 0. The quantitative estimate of drug-likeness (QED) is 0.474. The first-order valence-corrected chi connectivity index (χ1v) is 5.91. The van der Waals surface area contributed by atoms with Gasteiger partial charge in [0.1, 0.15) is 5.60 Å². The molecule has 0 spiro atoms. The van der Waals surface area contributed by atoms with Crippen molar-refractivity contribution in [1.29, 1.82) is 0 Å². The minimum absolute atomic E-state index is 0.0456. The molecule has 1 aromatic rings. The molecular formula is C14H17NO4. The minimum atomic E-state index is -0.488. The van der Waals surface area contributed by atoms with Crippen LogP contribution in [-0.4, -0.2) is 16.5 Å². The van der Waals surface area contributed by atoms with Gasteiger partial charge in [0.05, 0.1) is 11.3 Å². The maximum atomic E-state index is 11.4. The maximum absolute atomic E-state index is 11.4. The van der Waals surface area contributed by atoms with Crippen LogP contribution in [0.3, 0.4) is 0 Å². The molecule has 0 saturated carbocycles. The fourth-order valence-electron chi connectivity index (χ4n) is 1.38. The third-order valence-electron chi connectivity index (χ3n) is 2.12. The third kappa shape index (κ3) is 5.81. The zero-order chi connectivity index (χ0) is 14.5. The van der Waals surface area contributed by atoms with Crippen molar-refractivity contribution < 1.29 is 14.5 Å². The first-order valence-electron chi connectivity index (χ1n) is 5.91. The van der Waals surface area contributed by atoms with Crippen LogP contribution in [0.1, 0.15) is 32.8 Å². The van der Waals surface area contributed by atoms with Crippen molar-refractivity contribution in [2.24, 2.45) is 0 Å². The molecule has 0 aromatic heterocycles. The molecule has 1 rings (SSSR count). The smallest absolute Gasteiger partial charge is 0.310 e. The first-order chi connectivity index (χ1) is 8.78. The Balaban J connectivity index is 2.53. The number of nitro groups is 1. The van der Waals surface area contributed by atoms with E-state index in [0.717, 1.165) is 5.56 Å². The number of ether oxygens (including phenoxy) is 1. The molecule has 0 aliphatic heterocycles. The summed E-state index contributed by atoms with van der Waals surface area (Å²) in [6.45, 7) is 5.43. The van der Waals surface area contributed by atoms with Crippen LogP contribution in [0.15, 0.2) is 30.3 Å². The fourth-order valence-corrected chi connectivity index (χ4v) is 1.38. The molecule has 0 radical (unpaired) electrons. The molecule has 0 bridgehead atoms. The van der Waals surface area contributed by atoms with Gasteiger partial charge in [-0.25, -0.2) is 0 Å². The van der Waals surface area contributed by atoms with E-state index in [4.69, 9.17) is 4.74 Å². The Morgan fingerprint density at radius 3 is 2.37 bits per heavy atom. The number of esters is 1. The molecule has 0 heterocycles. The number of nitrogens with zero attached hydrogens (tertiary/aromatic N) is 1. The van der Waals surface area contributed by atoms with E-state index in [1.807, 2.05) is 20.8 Å². The van der Waals surface area contributed by atoms with Gasteiger partial charge < -0.3 is 4.74 Å². The lowest BCUT2D eigenvalue weighted by Gasteiger charge is -2.18. The third-order valence-corrected chi connectivity index (χ3v) is 2.12. The molecule has 0 unspecified atom stereocenters. The van der Waals surface area contributed by atoms with Crippen molar-refractivity contribution in [2.45, 2.75) is 32.8 Å². The monoisotopic (exact) mass is 263 g/mol. The van der Waals surface area contributed by atoms with Gasteiger partial charge in [-0.15, -0.1) is 0 Å². The normalized spacial score (nSPS) is 11.5. The highest BCUT2D eigenvalue weighted by molar-refractivity contribution is 5.73. The van der Waals surface area contributed by atoms with E-state index in [9.17, 15) is 14.9 Å². The Kier molecular flexibility index (Phi) is 4.80. The second-order valence-corrected chi connectivity index (χ2v) is 5.04. The first kappa shape index (κ1) is 14.9. The predicted molar refractivity (Wildman–Crippen MR) is 72.6 cm³/mol. The summed E-state index contributed by atoms with van der Waals surface area (Å²) < 4.78 is 5.15. The Labute approximate surface area is 112 Å². The van der Waals surface area contributed by atoms with Gasteiger partial charge in [0.25, 0.3) is 5.69 Å². The van der Waals surface area contributed by atoms with Gasteiger partial charge in [-0.3, -0.25) is 14.9 Å². The molecule has 19 heavy (non-hydrogen) atoms. The van der Waals surface area contributed by atoms with Crippen LogP contribution in [0.2, 0.25) is 0 Å². The summed E-state index contributed by atoms with van der Waals surface area (Å²) in [6, 6.07) is 6.10. The minimum Gasteiger partial charge on any atom is -0.460 e. The lowest BCUT2D eigenvalue weighted by atomic mass is 10.2. The number of nitro benzene ring substituents is 1. The zero-order valence-corrected chi connectivity index (χ0v) is 11.3. The number of rotatable bonds is 4. The second kappa shape index (κ2) is 6.13. The molecule has 0 fully saturated rings. The van der Waals surface area contributed by atoms with Gasteiger partial charge in [0, 0.05) is 12.1 Å². The number of hydrogen-bond acceptors (Lipinski definition) is 4. The van der Waals surface area contributed by atoms with Gasteiger partial charge in [-0.1, -0.05) is 12.2 Å². The summed E-state index contributed by atoms with van der Waals surface area (Å²) in [5.41, 5.74) is 0.358. The standard InChI is InChI=1S/C14H17NO4/c1-14(2,3)19-13(16)6-4-5-11-7-9-12(10-8-11)15(17)18/h4-5,7-10H,6H2,1-3H3. The van der Waals surface area contributed by atoms with Crippen LogP contribution >= 0.6 is 0 Å². The Morgan fingerprint density at radius 1 is 1.32 bits per heavy atom. The van der Waals surface area contributed by atoms with E-state index in [1.165, 1.54) is 12.1 Å². The van der Waals surface area contributed by atoms with Gasteiger partial charge in [0.2, 0.25) is 0 Å². The van der Waals surface area contributed by atoms with Crippen LogP contribution in [0.25, 0.3) is 6.08 Å². The number of benzene rings is 1. The summed E-state index contributed by atoms with van der Waals surface area (Å²) in [7, 11) is 0. The summed E-state index contributed by atoms with van der Waals surface area (Å²) in [4.78, 5) is 21.5.